The summed E-state index contributed by atoms with van der Waals surface area (Å²) in [7, 11) is 0. The molecule has 1 fully saturated rings. The quantitative estimate of drug-likeness (QED) is 0.733. The van der Waals surface area contributed by atoms with Crippen molar-refractivity contribution in [2.24, 2.45) is 0 Å². The van der Waals surface area contributed by atoms with Gasteiger partial charge in [0, 0.05) is 0 Å². The second-order valence-electron chi connectivity index (χ2n) is 4.06. The first-order chi connectivity index (χ1) is 6.91. The highest BCUT2D eigenvalue weighted by Crippen LogP contribution is 2.27. The van der Waals surface area contributed by atoms with Crippen molar-refractivity contribution in [1.29, 1.82) is 0 Å². The van der Waals surface area contributed by atoms with Crippen LogP contribution in [0.4, 0.5) is 13.2 Å². The molecule has 1 aliphatic rings. The molecule has 0 spiro atoms. The summed E-state index contributed by atoms with van der Waals surface area (Å²) < 4.78 is 41.6. The number of aliphatic hydroxyl groups is 1. The highest BCUT2D eigenvalue weighted by Gasteiger charge is 2.39. The van der Waals surface area contributed by atoms with Gasteiger partial charge in [0.1, 0.15) is 0 Å². The predicted molar refractivity (Wildman–Crippen MR) is 49.5 cm³/mol. The molecule has 0 heterocycles. The Kier molecular flexibility index (Phi) is 4.40. The average molecular weight is 226 g/mol. The number of alkyl halides is 3. The second-order valence-corrected chi connectivity index (χ2v) is 4.06. The topological polar surface area (TPSA) is 29.5 Å². The molecule has 2 nitrogen and oxygen atoms in total. The number of hydrogen-bond acceptors (Lipinski definition) is 2. The summed E-state index contributed by atoms with van der Waals surface area (Å²) in [5.74, 6) is 0. The Labute approximate surface area is 87.4 Å². The number of aliphatic hydroxyl groups excluding tert-OH is 1. The maximum atomic E-state index is 12.2. The van der Waals surface area contributed by atoms with Crippen LogP contribution in [0.2, 0.25) is 0 Å². The van der Waals surface area contributed by atoms with Crippen LogP contribution in [-0.2, 0) is 4.74 Å². The molecule has 0 amide bonds. The minimum Gasteiger partial charge on any atom is -0.390 e. The molecule has 0 aromatic carbocycles. The van der Waals surface area contributed by atoms with Gasteiger partial charge in [-0.1, -0.05) is 19.3 Å². The van der Waals surface area contributed by atoms with Gasteiger partial charge in [-0.15, -0.1) is 0 Å². The van der Waals surface area contributed by atoms with E-state index < -0.39 is 24.5 Å². The van der Waals surface area contributed by atoms with E-state index in [2.05, 4.69) is 0 Å². The van der Waals surface area contributed by atoms with Crippen LogP contribution < -0.4 is 0 Å². The molecule has 15 heavy (non-hydrogen) atoms. The molecule has 0 bridgehead atoms. The van der Waals surface area contributed by atoms with E-state index in [0.717, 1.165) is 26.2 Å². The molecule has 1 N–H and O–H groups in total. The van der Waals surface area contributed by atoms with Crippen LogP contribution in [0.15, 0.2) is 0 Å². The van der Waals surface area contributed by atoms with Crippen molar-refractivity contribution in [3.05, 3.63) is 0 Å². The summed E-state index contributed by atoms with van der Waals surface area (Å²) in [6, 6.07) is 0. The van der Waals surface area contributed by atoms with E-state index in [1.165, 1.54) is 0 Å². The van der Waals surface area contributed by atoms with Crippen LogP contribution in [-0.4, -0.2) is 29.6 Å². The molecule has 1 rings (SSSR count). The maximum Gasteiger partial charge on any atom is 0.414 e. The molecule has 0 aromatic rings. The third-order valence-corrected chi connectivity index (χ3v) is 2.76. The van der Waals surface area contributed by atoms with Crippen molar-refractivity contribution >= 4 is 0 Å². The van der Waals surface area contributed by atoms with Crippen molar-refractivity contribution in [2.75, 3.05) is 0 Å². The number of rotatable bonds is 2. The molecule has 0 saturated heterocycles. The lowest BCUT2D eigenvalue weighted by Gasteiger charge is -2.26. The third kappa shape index (κ3) is 3.99. The van der Waals surface area contributed by atoms with Crippen LogP contribution in [0.25, 0.3) is 0 Å². The molecule has 5 heteroatoms. The lowest BCUT2D eigenvalue weighted by Crippen LogP contribution is -2.37. The molecule has 0 radical (unpaired) electrons. The van der Waals surface area contributed by atoms with Crippen molar-refractivity contribution < 1.29 is 23.0 Å². The number of halogens is 3. The summed E-state index contributed by atoms with van der Waals surface area (Å²) >= 11 is 0. The van der Waals surface area contributed by atoms with Crippen LogP contribution >= 0.6 is 0 Å². The number of ether oxygens (including phenoxy) is 1. The summed E-state index contributed by atoms with van der Waals surface area (Å²) in [6.07, 6.45) is -3.86. The van der Waals surface area contributed by atoms with Gasteiger partial charge in [0.2, 0.25) is 0 Å². The first-order valence-corrected chi connectivity index (χ1v) is 5.31. The lowest BCUT2D eigenvalue weighted by molar-refractivity contribution is -0.236. The Bertz CT molecular complexity index is 194. The highest BCUT2D eigenvalue weighted by atomic mass is 19.4. The molecule has 0 aliphatic heterocycles. The lowest BCUT2D eigenvalue weighted by atomic mass is 10.1. The molecule has 0 aromatic heterocycles. The van der Waals surface area contributed by atoms with Gasteiger partial charge >= 0.3 is 6.18 Å². The molecule has 1 saturated carbocycles. The van der Waals surface area contributed by atoms with E-state index >= 15 is 0 Å². The van der Waals surface area contributed by atoms with Crippen LogP contribution in [0.5, 0.6) is 0 Å². The second kappa shape index (κ2) is 5.16. The summed E-state index contributed by atoms with van der Waals surface area (Å²) in [5, 5.41) is 9.57. The molecular weight excluding hydrogens is 209 g/mol. The first-order valence-electron chi connectivity index (χ1n) is 5.31. The van der Waals surface area contributed by atoms with Crippen LogP contribution in [0, 0.1) is 0 Å². The van der Waals surface area contributed by atoms with Gasteiger partial charge in [-0.2, -0.15) is 13.2 Å². The molecule has 90 valence electrons. The van der Waals surface area contributed by atoms with E-state index in [4.69, 9.17) is 4.74 Å². The van der Waals surface area contributed by atoms with Crippen LogP contribution in [0.3, 0.4) is 0 Å². The zero-order valence-electron chi connectivity index (χ0n) is 8.76. The standard InChI is InChI=1S/C10H17F3O2/c1-7(10(11,12)13)15-9-6-4-2-3-5-8(9)14/h7-9,14H,2-6H2,1H3. The Morgan fingerprint density at radius 2 is 1.80 bits per heavy atom. The molecular formula is C10H17F3O2. The zero-order chi connectivity index (χ0) is 11.5. The highest BCUT2D eigenvalue weighted by molar-refractivity contribution is 4.75. The summed E-state index contributed by atoms with van der Waals surface area (Å²) in [5.41, 5.74) is 0. The van der Waals surface area contributed by atoms with E-state index in [1.54, 1.807) is 0 Å². The Hall–Kier alpha value is -0.290. The smallest absolute Gasteiger partial charge is 0.390 e. The molecule has 1 aliphatic carbocycles. The van der Waals surface area contributed by atoms with Gasteiger partial charge in [0.25, 0.3) is 0 Å². The van der Waals surface area contributed by atoms with E-state index in [1.807, 2.05) is 0 Å². The first kappa shape index (κ1) is 12.8. The zero-order valence-corrected chi connectivity index (χ0v) is 8.76. The Morgan fingerprint density at radius 1 is 1.20 bits per heavy atom. The third-order valence-electron chi connectivity index (χ3n) is 2.76. The number of hydrogen-bond donors (Lipinski definition) is 1. The predicted octanol–water partition coefficient (Wildman–Crippen LogP) is 2.65. The van der Waals surface area contributed by atoms with E-state index in [0.29, 0.717) is 12.8 Å². The fraction of sp³-hybridized carbons (Fsp3) is 1.00. The fourth-order valence-electron chi connectivity index (χ4n) is 1.75. The normalized spacial score (nSPS) is 31.0. The minimum atomic E-state index is -4.34. The van der Waals surface area contributed by atoms with Gasteiger partial charge in [-0.3, -0.25) is 0 Å². The van der Waals surface area contributed by atoms with Crippen molar-refractivity contribution in [1.82, 2.24) is 0 Å². The largest absolute Gasteiger partial charge is 0.414 e. The summed E-state index contributed by atoms with van der Waals surface area (Å²) in [6.45, 7) is 0.984. The monoisotopic (exact) mass is 226 g/mol. The molecule has 3 unspecified atom stereocenters. The van der Waals surface area contributed by atoms with Crippen molar-refractivity contribution in [3.63, 3.8) is 0 Å². The Morgan fingerprint density at radius 3 is 2.40 bits per heavy atom. The van der Waals surface area contributed by atoms with Crippen molar-refractivity contribution in [2.45, 2.75) is 63.5 Å². The van der Waals surface area contributed by atoms with Crippen molar-refractivity contribution in [3.8, 4) is 0 Å². The fourth-order valence-corrected chi connectivity index (χ4v) is 1.75. The van der Waals surface area contributed by atoms with Gasteiger partial charge in [-0.25, -0.2) is 0 Å². The van der Waals surface area contributed by atoms with Gasteiger partial charge < -0.3 is 9.84 Å². The van der Waals surface area contributed by atoms with Gasteiger partial charge in [0.05, 0.1) is 12.2 Å². The summed E-state index contributed by atoms with van der Waals surface area (Å²) in [4.78, 5) is 0. The van der Waals surface area contributed by atoms with Crippen LogP contribution in [0.1, 0.15) is 39.0 Å². The van der Waals surface area contributed by atoms with E-state index in [9.17, 15) is 18.3 Å². The SMILES string of the molecule is CC(OC1CCCCCC1O)C(F)(F)F. The molecule has 3 atom stereocenters. The van der Waals surface area contributed by atoms with E-state index in [-0.39, 0.29) is 0 Å². The van der Waals surface area contributed by atoms with Gasteiger partial charge in [0.15, 0.2) is 6.10 Å². The Balaban J connectivity index is 2.48. The maximum absolute atomic E-state index is 12.2. The van der Waals surface area contributed by atoms with Gasteiger partial charge in [-0.05, 0) is 19.8 Å². The average Bonchev–Trinajstić information content (AvgIpc) is 2.30. The minimum absolute atomic E-state index is 0.515.